The summed E-state index contributed by atoms with van der Waals surface area (Å²) < 4.78 is 99.0. The van der Waals surface area contributed by atoms with Crippen LogP contribution in [0.1, 0.15) is 64.6 Å². The van der Waals surface area contributed by atoms with Crippen LogP contribution in [0.2, 0.25) is 0 Å². The third-order valence-corrected chi connectivity index (χ3v) is 17.0. The number of amides is 1. The van der Waals surface area contributed by atoms with Gasteiger partial charge in [0.1, 0.15) is 61.0 Å². The van der Waals surface area contributed by atoms with Crippen LogP contribution in [0.5, 0.6) is 0 Å². The van der Waals surface area contributed by atoms with E-state index in [2.05, 4.69) is 5.32 Å². The molecule has 95 heavy (non-hydrogen) atoms. The van der Waals surface area contributed by atoms with Crippen molar-refractivity contribution in [2.75, 3.05) is 26.9 Å². The molecule has 0 aromatic heterocycles. The van der Waals surface area contributed by atoms with Crippen molar-refractivity contribution >= 4 is 5.91 Å². The first kappa shape index (κ1) is 69.0. The van der Waals surface area contributed by atoms with Crippen LogP contribution in [0.15, 0.2) is 243 Å². The lowest BCUT2D eigenvalue weighted by Crippen LogP contribution is -2.67. The van der Waals surface area contributed by atoms with Crippen molar-refractivity contribution in [2.45, 2.75) is 152 Å². The molecule has 3 saturated heterocycles. The summed E-state index contributed by atoms with van der Waals surface area (Å²) in [5.74, 6) is -0.743. The molecule has 0 radical (unpaired) electrons. The fourth-order valence-corrected chi connectivity index (χ4v) is 12.2. The number of ether oxygens (including phenoxy) is 14. The SMILES string of the molecule is COC(OC1C(COCc2ccccc2)OC(OCc2ccccc2)C(NC(C)=O)C1OCc1ccccc1)C(OCc1ccccc1)C(O[C@H]1O[C@@H](CO)C(OCc2ccccc2)C(OCc2ccccc2)C1OCc1ccccc1)C1OC(c2ccccc2)OCC1C. The van der Waals surface area contributed by atoms with Gasteiger partial charge in [-0.15, -0.1) is 0 Å². The Morgan fingerprint density at radius 1 is 0.474 bits per heavy atom. The summed E-state index contributed by atoms with van der Waals surface area (Å²) >= 11 is 0. The molecule has 0 saturated carbocycles. The van der Waals surface area contributed by atoms with Crippen LogP contribution in [0.3, 0.4) is 0 Å². The molecule has 3 aliphatic rings. The molecule has 1 amide bonds. The number of aliphatic hydroxyl groups excluding tert-OH is 1. The number of nitrogens with one attached hydrogen (secondary N) is 1. The highest BCUT2D eigenvalue weighted by molar-refractivity contribution is 5.73. The Bertz CT molecular complexity index is 3430. The van der Waals surface area contributed by atoms with Crippen molar-refractivity contribution in [3.8, 4) is 0 Å². The van der Waals surface area contributed by atoms with Gasteiger partial charge < -0.3 is 76.7 Å². The van der Waals surface area contributed by atoms with Crippen molar-refractivity contribution in [3.63, 3.8) is 0 Å². The number of carbonyl (C=O) groups excluding carboxylic acids is 1. The summed E-state index contributed by atoms with van der Waals surface area (Å²) in [6, 6.07) is 77.3. The zero-order valence-electron chi connectivity index (χ0n) is 54.0. The van der Waals surface area contributed by atoms with Gasteiger partial charge in [-0.2, -0.15) is 0 Å². The average Bonchev–Trinajstić information content (AvgIpc) is 0.789. The second-order valence-electron chi connectivity index (χ2n) is 24.1. The quantitative estimate of drug-likeness (QED) is 0.0371. The van der Waals surface area contributed by atoms with Crippen LogP contribution in [-0.2, 0) is 117 Å². The molecule has 500 valence electrons. The molecular formula is C78H87NO16. The first-order valence-electron chi connectivity index (χ1n) is 32.7. The maximum Gasteiger partial charge on any atom is 0.217 e. The highest BCUT2D eigenvalue weighted by atomic mass is 16.8. The molecule has 0 spiro atoms. The summed E-state index contributed by atoms with van der Waals surface area (Å²) in [6.07, 6.45) is -14.9. The Kier molecular flexibility index (Phi) is 26.2. The van der Waals surface area contributed by atoms with Crippen LogP contribution < -0.4 is 5.32 Å². The van der Waals surface area contributed by atoms with Crippen LogP contribution >= 0.6 is 0 Å². The molecule has 17 heteroatoms. The summed E-state index contributed by atoms with van der Waals surface area (Å²) in [5.41, 5.74) is 7.01. The largest absolute Gasteiger partial charge is 0.394 e. The molecule has 17 nitrogen and oxygen atoms in total. The normalized spacial score (nSPS) is 25.5. The van der Waals surface area contributed by atoms with E-state index in [-0.39, 0.29) is 71.3 Å². The minimum Gasteiger partial charge on any atom is -0.394 e. The summed E-state index contributed by atoms with van der Waals surface area (Å²) in [4.78, 5) is 13.7. The average molecular weight is 1290 g/mol. The lowest BCUT2D eigenvalue weighted by molar-refractivity contribution is -0.373. The van der Waals surface area contributed by atoms with E-state index in [0.29, 0.717) is 0 Å². The van der Waals surface area contributed by atoms with Gasteiger partial charge in [-0.3, -0.25) is 4.79 Å². The molecule has 0 aliphatic carbocycles. The van der Waals surface area contributed by atoms with E-state index in [0.717, 1.165) is 44.5 Å². The van der Waals surface area contributed by atoms with E-state index in [1.165, 1.54) is 14.0 Å². The summed E-state index contributed by atoms with van der Waals surface area (Å²) in [5, 5.41) is 14.8. The number of methoxy groups -OCH3 is 1. The van der Waals surface area contributed by atoms with E-state index >= 15 is 0 Å². The van der Waals surface area contributed by atoms with Gasteiger partial charge in [-0.25, -0.2) is 0 Å². The minimum absolute atomic E-state index is 0.0235. The Morgan fingerprint density at radius 3 is 1.37 bits per heavy atom. The van der Waals surface area contributed by atoms with Crippen LogP contribution in [-0.4, -0.2) is 124 Å². The van der Waals surface area contributed by atoms with E-state index in [4.69, 9.17) is 66.3 Å². The summed E-state index contributed by atoms with van der Waals surface area (Å²) in [7, 11) is 1.54. The van der Waals surface area contributed by atoms with Gasteiger partial charge in [0.05, 0.1) is 72.2 Å². The Morgan fingerprint density at radius 2 is 0.895 bits per heavy atom. The van der Waals surface area contributed by atoms with Crippen LogP contribution in [0, 0.1) is 5.92 Å². The van der Waals surface area contributed by atoms with E-state index in [9.17, 15) is 9.90 Å². The molecule has 8 aromatic rings. The number of carbonyl (C=O) groups is 1. The molecule has 3 fully saturated rings. The molecule has 11 rings (SSSR count). The number of hydrogen-bond acceptors (Lipinski definition) is 16. The first-order chi connectivity index (χ1) is 46.8. The first-order valence-corrected chi connectivity index (χ1v) is 32.7. The molecular weight excluding hydrogens is 1210 g/mol. The molecule has 3 aliphatic heterocycles. The van der Waals surface area contributed by atoms with Gasteiger partial charge in [0.25, 0.3) is 0 Å². The van der Waals surface area contributed by atoms with Crippen LogP contribution in [0.4, 0.5) is 0 Å². The van der Waals surface area contributed by atoms with Gasteiger partial charge in [0.2, 0.25) is 5.91 Å². The minimum atomic E-state index is -1.38. The number of aliphatic hydroxyl groups is 1. The van der Waals surface area contributed by atoms with E-state index in [1.807, 2.05) is 250 Å². The highest BCUT2D eigenvalue weighted by Crippen LogP contribution is 2.40. The molecule has 14 unspecified atom stereocenters. The van der Waals surface area contributed by atoms with Crippen molar-refractivity contribution in [1.82, 2.24) is 5.32 Å². The fourth-order valence-electron chi connectivity index (χ4n) is 12.2. The maximum atomic E-state index is 13.7. The number of benzene rings is 8. The topological polar surface area (TPSA) is 179 Å². The fraction of sp³-hybridized carbons (Fsp3) is 0.372. The highest BCUT2D eigenvalue weighted by Gasteiger charge is 2.55. The van der Waals surface area contributed by atoms with Crippen molar-refractivity contribution in [3.05, 3.63) is 287 Å². The van der Waals surface area contributed by atoms with Crippen molar-refractivity contribution in [1.29, 1.82) is 0 Å². The Balaban J connectivity index is 1.03. The van der Waals surface area contributed by atoms with Crippen LogP contribution in [0.25, 0.3) is 0 Å². The van der Waals surface area contributed by atoms with E-state index in [1.54, 1.807) is 0 Å². The van der Waals surface area contributed by atoms with Gasteiger partial charge in [0, 0.05) is 25.5 Å². The Hall–Kier alpha value is -7.37. The predicted molar refractivity (Wildman–Crippen MR) is 354 cm³/mol. The monoisotopic (exact) mass is 1290 g/mol. The number of hydrogen-bond donors (Lipinski definition) is 2. The molecule has 16 atom stereocenters. The van der Waals surface area contributed by atoms with E-state index < -0.39 is 98.8 Å². The molecule has 2 N–H and O–H groups in total. The smallest absolute Gasteiger partial charge is 0.217 e. The zero-order chi connectivity index (χ0) is 65.4. The number of rotatable bonds is 33. The molecule has 3 heterocycles. The Labute approximate surface area is 557 Å². The van der Waals surface area contributed by atoms with Crippen molar-refractivity contribution in [2.24, 2.45) is 5.92 Å². The van der Waals surface area contributed by atoms with Gasteiger partial charge in [-0.1, -0.05) is 250 Å². The standard InChI is InChI=1S/C78H87NO16/c1-54-45-89-75(63-42-26-11-27-43-63)93-67(54)72(95-78-73(87-50-60-36-20-8-21-37-60)71(86-49-59-34-18-7-19-35-59)68(64(44-80)91-78)84-47-57-30-14-5-15-31-57)74(88-51-61-38-22-9-23-39-61)77(82-3)94-69-65(53-83-46-56-28-12-4-13-29-56)92-76(90-52-62-40-24-10-25-41-62)66(79-55(2)81)70(69)85-48-58-32-16-6-17-33-58/h4-43,54,64-78,80H,44-53H2,1-3H3,(H,79,81)/t54?,64-,65?,66?,67?,68?,69?,70?,71?,72?,73?,74?,75?,76?,77?,78+/m0/s1. The molecule has 8 aromatic carbocycles. The zero-order valence-corrected chi connectivity index (χ0v) is 54.0. The summed E-state index contributed by atoms with van der Waals surface area (Å²) in [6.45, 7) is 4.17. The molecule has 0 bridgehead atoms. The predicted octanol–water partition coefficient (Wildman–Crippen LogP) is 11.8. The van der Waals surface area contributed by atoms with Gasteiger partial charge in [-0.05, 0) is 38.9 Å². The third-order valence-electron chi connectivity index (χ3n) is 17.0. The van der Waals surface area contributed by atoms with Gasteiger partial charge in [0.15, 0.2) is 25.2 Å². The van der Waals surface area contributed by atoms with Crippen molar-refractivity contribution < 1.29 is 76.2 Å². The van der Waals surface area contributed by atoms with Gasteiger partial charge >= 0.3 is 0 Å². The maximum absolute atomic E-state index is 13.7. The second-order valence-corrected chi connectivity index (χ2v) is 24.1. The lowest BCUT2D eigenvalue weighted by Gasteiger charge is -2.50. The third kappa shape index (κ3) is 19.7. The lowest BCUT2D eigenvalue weighted by atomic mass is 9.93. The second kappa shape index (κ2) is 36.1.